The van der Waals surface area contributed by atoms with Crippen LogP contribution >= 0.6 is 27.3 Å². The van der Waals surface area contributed by atoms with Gasteiger partial charge in [-0.05, 0) is 47.8 Å². The first-order valence-electron chi connectivity index (χ1n) is 5.77. The average molecular weight is 368 g/mol. The zero-order chi connectivity index (χ0) is 14.3. The SMILES string of the molecule is CC1(C(=O)O)CCCC1NS(=O)(=O)c1ccc(Br)s1. The lowest BCUT2D eigenvalue weighted by molar-refractivity contribution is -0.148. The van der Waals surface area contributed by atoms with Gasteiger partial charge in [0.05, 0.1) is 9.20 Å². The van der Waals surface area contributed by atoms with Crippen molar-refractivity contribution in [1.29, 1.82) is 0 Å². The Morgan fingerprint density at radius 3 is 2.79 bits per heavy atom. The smallest absolute Gasteiger partial charge is 0.310 e. The predicted octanol–water partition coefficient (Wildman–Crippen LogP) is 2.43. The number of hydrogen-bond acceptors (Lipinski definition) is 4. The van der Waals surface area contributed by atoms with Gasteiger partial charge in [0.15, 0.2) is 0 Å². The summed E-state index contributed by atoms with van der Waals surface area (Å²) in [5.41, 5.74) is -1.03. The van der Waals surface area contributed by atoms with Gasteiger partial charge in [0, 0.05) is 6.04 Å². The fourth-order valence-corrected chi connectivity index (χ4v) is 5.71. The number of aliphatic carboxylic acids is 1. The van der Waals surface area contributed by atoms with E-state index in [-0.39, 0.29) is 4.21 Å². The quantitative estimate of drug-likeness (QED) is 0.855. The highest BCUT2D eigenvalue weighted by Crippen LogP contribution is 2.39. The van der Waals surface area contributed by atoms with E-state index in [2.05, 4.69) is 20.7 Å². The zero-order valence-electron chi connectivity index (χ0n) is 10.2. The van der Waals surface area contributed by atoms with Gasteiger partial charge in [0.25, 0.3) is 0 Å². The van der Waals surface area contributed by atoms with Crippen LogP contribution in [0.2, 0.25) is 0 Å². The Morgan fingerprint density at radius 1 is 1.58 bits per heavy atom. The number of halogens is 1. The molecule has 0 bridgehead atoms. The molecule has 1 fully saturated rings. The van der Waals surface area contributed by atoms with Crippen LogP contribution in [0.15, 0.2) is 20.1 Å². The van der Waals surface area contributed by atoms with Crippen molar-refractivity contribution in [3.8, 4) is 0 Å². The first-order chi connectivity index (χ1) is 8.75. The minimum atomic E-state index is -3.65. The normalized spacial score (nSPS) is 27.6. The van der Waals surface area contributed by atoms with Gasteiger partial charge >= 0.3 is 5.97 Å². The van der Waals surface area contributed by atoms with Crippen LogP contribution in [0.1, 0.15) is 26.2 Å². The summed E-state index contributed by atoms with van der Waals surface area (Å²) in [4.78, 5) is 11.3. The van der Waals surface area contributed by atoms with Crippen LogP contribution in [-0.2, 0) is 14.8 Å². The number of carboxylic acid groups (broad SMARTS) is 1. The van der Waals surface area contributed by atoms with Crippen molar-refractivity contribution in [3.63, 3.8) is 0 Å². The largest absolute Gasteiger partial charge is 0.481 e. The van der Waals surface area contributed by atoms with Crippen molar-refractivity contribution in [2.24, 2.45) is 5.41 Å². The van der Waals surface area contributed by atoms with E-state index in [1.54, 1.807) is 13.0 Å². The molecule has 106 valence electrons. The number of sulfonamides is 1. The summed E-state index contributed by atoms with van der Waals surface area (Å²) < 4.78 is 27.8. The monoisotopic (exact) mass is 367 g/mol. The van der Waals surface area contributed by atoms with E-state index in [1.165, 1.54) is 6.07 Å². The van der Waals surface area contributed by atoms with E-state index in [0.29, 0.717) is 19.3 Å². The molecule has 1 heterocycles. The van der Waals surface area contributed by atoms with Crippen LogP contribution in [0.25, 0.3) is 0 Å². The van der Waals surface area contributed by atoms with Crippen LogP contribution in [0, 0.1) is 5.41 Å². The maximum atomic E-state index is 12.2. The standard InChI is InChI=1S/C11H14BrNO4S2/c1-11(10(14)15)6-2-3-7(11)13-19(16,17)9-5-4-8(12)18-9/h4-5,7,13H,2-3,6H2,1H3,(H,14,15). The molecule has 0 radical (unpaired) electrons. The molecule has 0 amide bonds. The van der Waals surface area contributed by atoms with Gasteiger partial charge in [-0.2, -0.15) is 0 Å². The lowest BCUT2D eigenvalue weighted by Crippen LogP contribution is -2.46. The van der Waals surface area contributed by atoms with Crippen molar-refractivity contribution in [3.05, 3.63) is 15.9 Å². The van der Waals surface area contributed by atoms with Gasteiger partial charge in [-0.1, -0.05) is 6.42 Å². The molecule has 8 heteroatoms. The summed E-state index contributed by atoms with van der Waals surface area (Å²) in [5, 5.41) is 9.27. The lowest BCUT2D eigenvalue weighted by atomic mass is 9.85. The first kappa shape index (κ1) is 15.0. The second kappa shape index (κ2) is 5.16. The van der Waals surface area contributed by atoms with Crippen LogP contribution in [0.4, 0.5) is 0 Å². The molecule has 19 heavy (non-hydrogen) atoms. The number of carbonyl (C=O) groups is 1. The molecule has 0 aromatic carbocycles. The molecule has 2 unspecified atom stereocenters. The van der Waals surface area contributed by atoms with Gasteiger partial charge < -0.3 is 5.11 Å². The molecule has 2 rings (SSSR count). The van der Waals surface area contributed by atoms with Crippen molar-refractivity contribution in [2.45, 2.75) is 36.4 Å². The Kier molecular flexibility index (Phi) is 4.06. The fourth-order valence-electron chi connectivity index (χ4n) is 2.30. The second-order valence-electron chi connectivity index (χ2n) is 4.85. The molecule has 1 aromatic heterocycles. The highest BCUT2D eigenvalue weighted by atomic mass is 79.9. The van der Waals surface area contributed by atoms with E-state index in [0.717, 1.165) is 15.1 Å². The molecule has 0 spiro atoms. The maximum Gasteiger partial charge on any atom is 0.310 e. The molecule has 1 aliphatic rings. The number of carboxylic acids is 1. The summed E-state index contributed by atoms with van der Waals surface area (Å²) in [7, 11) is -3.65. The number of rotatable bonds is 4. The molecule has 1 aromatic rings. The molecule has 1 saturated carbocycles. The summed E-state index contributed by atoms with van der Waals surface area (Å²) >= 11 is 4.32. The average Bonchev–Trinajstić information content (AvgIpc) is 2.87. The maximum absolute atomic E-state index is 12.2. The van der Waals surface area contributed by atoms with E-state index < -0.39 is 27.4 Å². The number of hydrogen-bond donors (Lipinski definition) is 2. The van der Waals surface area contributed by atoms with Gasteiger partial charge in [-0.3, -0.25) is 4.79 Å². The summed E-state index contributed by atoms with van der Waals surface area (Å²) in [6.07, 6.45) is 1.75. The molecule has 0 saturated heterocycles. The molecular weight excluding hydrogens is 354 g/mol. The Bertz CT molecular complexity index is 598. The van der Waals surface area contributed by atoms with Crippen LogP contribution in [0.5, 0.6) is 0 Å². The lowest BCUT2D eigenvalue weighted by Gasteiger charge is -2.27. The van der Waals surface area contributed by atoms with Gasteiger partial charge in [-0.25, -0.2) is 13.1 Å². The van der Waals surface area contributed by atoms with E-state index in [9.17, 15) is 18.3 Å². The second-order valence-corrected chi connectivity index (χ2v) is 9.25. The van der Waals surface area contributed by atoms with E-state index >= 15 is 0 Å². The first-order valence-corrected chi connectivity index (χ1v) is 8.86. The van der Waals surface area contributed by atoms with Gasteiger partial charge in [0.1, 0.15) is 4.21 Å². The molecule has 2 atom stereocenters. The number of thiophene rings is 1. The Balaban J connectivity index is 2.23. The van der Waals surface area contributed by atoms with Crippen LogP contribution in [0.3, 0.4) is 0 Å². The van der Waals surface area contributed by atoms with Crippen molar-refractivity contribution < 1.29 is 18.3 Å². The van der Waals surface area contributed by atoms with Crippen LogP contribution < -0.4 is 4.72 Å². The van der Waals surface area contributed by atoms with E-state index in [4.69, 9.17) is 0 Å². The minimum absolute atomic E-state index is 0.194. The third kappa shape index (κ3) is 2.86. The third-order valence-electron chi connectivity index (χ3n) is 3.56. The molecular formula is C11H14BrNO4S2. The van der Waals surface area contributed by atoms with E-state index in [1.807, 2.05) is 0 Å². The van der Waals surface area contributed by atoms with Crippen molar-refractivity contribution >= 4 is 43.3 Å². The van der Waals surface area contributed by atoms with Crippen LogP contribution in [-0.4, -0.2) is 25.5 Å². The van der Waals surface area contributed by atoms with Crippen molar-refractivity contribution in [2.75, 3.05) is 0 Å². The zero-order valence-corrected chi connectivity index (χ0v) is 13.4. The Morgan fingerprint density at radius 2 is 2.26 bits per heavy atom. The topological polar surface area (TPSA) is 83.5 Å². The Labute approximate surface area is 124 Å². The summed E-state index contributed by atoms with van der Waals surface area (Å²) in [6.45, 7) is 1.60. The third-order valence-corrected chi connectivity index (χ3v) is 7.14. The van der Waals surface area contributed by atoms with Gasteiger partial charge in [-0.15, -0.1) is 11.3 Å². The summed E-state index contributed by atoms with van der Waals surface area (Å²) in [6, 6.07) is 2.60. The van der Waals surface area contributed by atoms with Gasteiger partial charge in [0.2, 0.25) is 10.0 Å². The Hall–Kier alpha value is -0.440. The highest BCUT2D eigenvalue weighted by Gasteiger charge is 2.47. The van der Waals surface area contributed by atoms with Crippen molar-refractivity contribution in [1.82, 2.24) is 4.72 Å². The molecule has 2 N–H and O–H groups in total. The summed E-state index contributed by atoms with van der Waals surface area (Å²) in [5.74, 6) is -0.954. The fraction of sp³-hybridized carbons (Fsp3) is 0.545. The number of nitrogens with one attached hydrogen (secondary N) is 1. The highest BCUT2D eigenvalue weighted by molar-refractivity contribution is 9.11. The minimum Gasteiger partial charge on any atom is -0.481 e. The molecule has 1 aliphatic carbocycles. The molecule has 5 nitrogen and oxygen atoms in total. The molecule has 0 aliphatic heterocycles. The predicted molar refractivity (Wildman–Crippen MR) is 75.7 cm³/mol.